The smallest absolute Gasteiger partial charge is 0.433 e. The maximum absolute atomic E-state index is 11.9. The average molecular weight is 387 g/mol. The molecular weight excluding hydrogens is 374 g/mol. The van der Waals surface area contributed by atoms with Gasteiger partial charge in [0.05, 0.1) is 11.8 Å². The largest absolute Gasteiger partial charge is 0.450 e. The highest BCUT2D eigenvalue weighted by molar-refractivity contribution is 7.14. The van der Waals surface area contributed by atoms with Crippen molar-refractivity contribution in [2.45, 2.75) is 6.92 Å². The van der Waals surface area contributed by atoms with Crippen LogP contribution >= 0.6 is 11.3 Å². The second kappa shape index (κ2) is 7.79. The summed E-state index contributed by atoms with van der Waals surface area (Å²) in [6.45, 7) is 1.41. The molecule has 0 aliphatic heterocycles. The van der Waals surface area contributed by atoms with Crippen LogP contribution in [0.15, 0.2) is 46.2 Å². The van der Waals surface area contributed by atoms with E-state index in [-0.39, 0.29) is 5.76 Å². The first-order chi connectivity index (χ1) is 12.9. The number of nitro groups is 1. The lowest BCUT2D eigenvalue weighted by Gasteiger charge is -2.02. The van der Waals surface area contributed by atoms with E-state index < -0.39 is 29.3 Å². The number of aromatic nitrogens is 1. The molecule has 0 saturated carbocycles. The van der Waals surface area contributed by atoms with E-state index in [0.29, 0.717) is 5.13 Å². The number of anilines is 1. The quantitative estimate of drug-likeness (QED) is 0.390. The van der Waals surface area contributed by atoms with Gasteiger partial charge in [0, 0.05) is 10.9 Å². The van der Waals surface area contributed by atoms with Crippen LogP contribution in [-0.4, -0.2) is 28.4 Å². The Morgan fingerprint density at radius 2 is 2.00 bits per heavy atom. The summed E-state index contributed by atoms with van der Waals surface area (Å²) in [7, 11) is 0. The Labute approximate surface area is 156 Å². The highest BCUT2D eigenvalue weighted by atomic mass is 32.1. The fourth-order valence-corrected chi connectivity index (χ4v) is 2.82. The fourth-order valence-electron chi connectivity index (χ4n) is 2.08. The zero-order valence-corrected chi connectivity index (χ0v) is 14.8. The molecule has 0 radical (unpaired) electrons. The van der Waals surface area contributed by atoms with Crippen LogP contribution in [0.4, 0.5) is 11.0 Å². The summed E-state index contributed by atoms with van der Waals surface area (Å²) in [6.07, 6.45) is 0. The molecule has 3 aromatic rings. The summed E-state index contributed by atoms with van der Waals surface area (Å²) >= 11 is 1.24. The van der Waals surface area contributed by atoms with E-state index in [1.54, 1.807) is 5.38 Å². The highest BCUT2D eigenvalue weighted by Gasteiger charge is 2.19. The van der Waals surface area contributed by atoms with Gasteiger partial charge >= 0.3 is 11.9 Å². The summed E-state index contributed by atoms with van der Waals surface area (Å²) in [5, 5.41) is 15.2. The number of amides is 1. The fraction of sp³-hybridized carbons (Fsp3) is 0.118. The van der Waals surface area contributed by atoms with E-state index in [1.165, 1.54) is 11.3 Å². The van der Waals surface area contributed by atoms with Crippen LogP contribution in [0.25, 0.3) is 11.3 Å². The van der Waals surface area contributed by atoms with Crippen molar-refractivity contribution in [3.8, 4) is 11.3 Å². The maximum Gasteiger partial charge on any atom is 0.433 e. The zero-order chi connectivity index (χ0) is 19.4. The average Bonchev–Trinajstić information content (AvgIpc) is 3.30. The number of esters is 1. The Morgan fingerprint density at radius 3 is 2.67 bits per heavy atom. The number of nitrogens with zero attached hydrogens (tertiary/aromatic N) is 2. The Balaban J connectivity index is 1.54. The van der Waals surface area contributed by atoms with Gasteiger partial charge in [0.1, 0.15) is 4.92 Å². The summed E-state index contributed by atoms with van der Waals surface area (Å²) < 4.78 is 9.47. The number of carbonyl (C=O) groups excluding carboxylic acids is 2. The van der Waals surface area contributed by atoms with Crippen LogP contribution in [0.3, 0.4) is 0 Å². The van der Waals surface area contributed by atoms with E-state index in [9.17, 15) is 19.7 Å². The van der Waals surface area contributed by atoms with Crippen LogP contribution in [0.1, 0.15) is 16.1 Å². The van der Waals surface area contributed by atoms with E-state index >= 15 is 0 Å². The molecule has 0 spiro atoms. The molecule has 0 aliphatic rings. The summed E-state index contributed by atoms with van der Waals surface area (Å²) in [6, 6.07) is 9.92. The number of benzene rings is 1. The van der Waals surface area contributed by atoms with Gasteiger partial charge in [-0.3, -0.25) is 20.2 Å². The van der Waals surface area contributed by atoms with Crippen molar-refractivity contribution in [1.82, 2.24) is 4.98 Å². The molecule has 0 aliphatic carbocycles. The number of thiazole rings is 1. The van der Waals surface area contributed by atoms with Gasteiger partial charge in [-0.1, -0.05) is 29.8 Å². The minimum atomic E-state index is -0.974. The Morgan fingerprint density at radius 1 is 1.26 bits per heavy atom. The third kappa shape index (κ3) is 4.55. The third-order valence-electron chi connectivity index (χ3n) is 3.41. The van der Waals surface area contributed by atoms with Crippen molar-refractivity contribution in [2.24, 2.45) is 0 Å². The number of nitrogens with one attached hydrogen (secondary N) is 1. The van der Waals surface area contributed by atoms with Gasteiger partial charge in [-0.2, -0.15) is 0 Å². The van der Waals surface area contributed by atoms with Crippen LogP contribution in [0, 0.1) is 17.0 Å². The van der Waals surface area contributed by atoms with Gasteiger partial charge in [-0.25, -0.2) is 9.78 Å². The molecular formula is C17H13N3O6S. The van der Waals surface area contributed by atoms with E-state index in [4.69, 9.17) is 9.15 Å². The summed E-state index contributed by atoms with van der Waals surface area (Å²) in [5.74, 6) is -2.50. The third-order valence-corrected chi connectivity index (χ3v) is 4.16. The number of carbonyl (C=O) groups is 2. The van der Waals surface area contributed by atoms with Crippen molar-refractivity contribution in [1.29, 1.82) is 0 Å². The molecule has 0 atom stereocenters. The van der Waals surface area contributed by atoms with E-state index in [1.807, 2.05) is 31.2 Å². The first-order valence-corrected chi connectivity index (χ1v) is 8.54. The molecule has 3 rings (SSSR count). The molecule has 0 saturated heterocycles. The minimum Gasteiger partial charge on any atom is -0.450 e. The predicted octanol–water partition coefficient (Wildman–Crippen LogP) is 3.42. The zero-order valence-electron chi connectivity index (χ0n) is 14.0. The molecule has 9 nitrogen and oxygen atoms in total. The lowest BCUT2D eigenvalue weighted by Crippen LogP contribution is -2.20. The standard InChI is InChI=1S/C17H13N3O6S/c1-10-2-4-11(5-3-10)12-9-27-17(18-12)19-14(21)8-25-16(22)13-6-7-15(26-13)20(23)24/h2-7,9H,8H2,1H3,(H,18,19,21). The minimum absolute atomic E-state index is 0.356. The van der Waals surface area contributed by atoms with E-state index in [0.717, 1.165) is 29.0 Å². The second-order valence-corrected chi connectivity index (χ2v) is 6.28. The lowest BCUT2D eigenvalue weighted by atomic mass is 10.1. The van der Waals surface area contributed by atoms with Gasteiger partial charge in [0.15, 0.2) is 11.7 Å². The van der Waals surface area contributed by atoms with Crippen LogP contribution in [0.2, 0.25) is 0 Å². The summed E-state index contributed by atoms with van der Waals surface area (Å²) in [5.41, 5.74) is 2.77. The van der Waals surface area contributed by atoms with Crippen LogP contribution < -0.4 is 5.32 Å². The first kappa shape index (κ1) is 18.3. The number of ether oxygens (including phenoxy) is 1. The monoisotopic (exact) mass is 387 g/mol. The number of hydrogen-bond acceptors (Lipinski definition) is 8. The van der Waals surface area contributed by atoms with Gasteiger partial charge in [0.2, 0.25) is 5.76 Å². The molecule has 10 heteroatoms. The number of rotatable bonds is 6. The Hall–Kier alpha value is -3.53. The second-order valence-electron chi connectivity index (χ2n) is 5.42. The molecule has 0 fully saturated rings. The molecule has 2 heterocycles. The number of hydrogen-bond donors (Lipinski definition) is 1. The van der Waals surface area contributed by atoms with Crippen molar-refractivity contribution in [2.75, 3.05) is 11.9 Å². The van der Waals surface area contributed by atoms with Crippen LogP contribution in [0.5, 0.6) is 0 Å². The number of aryl methyl sites for hydroxylation is 1. The molecule has 1 amide bonds. The molecule has 2 aromatic heterocycles. The topological polar surface area (TPSA) is 125 Å². The highest BCUT2D eigenvalue weighted by Crippen LogP contribution is 2.25. The summed E-state index contributed by atoms with van der Waals surface area (Å²) in [4.78, 5) is 37.7. The van der Waals surface area contributed by atoms with Gasteiger partial charge < -0.3 is 9.15 Å². The maximum atomic E-state index is 11.9. The normalized spacial score (nSPS) is 10.4. The molecule has 1 N–H and O–H groups in total. The van der Waals surface area contributed by atoms with Gasteiger partial charge in [-0.15, -0.1) is 11.3 Å². The molecule has 1 aromatic carbocycles. The molecule has 27 heavy (non-hydrogen) atoms. The molecule has 0 bridgehead atoms. The van der Waals surface area contributed by atoms with E-state index in [2.05, 4.69) is 10.3 Å². The van der Waals surface area contributed by atoms with Crippen molar-refractivity contribution < 1.29 is 23.7 Å². The van der Waals surface area contributed by atoms with Crippen molar-refractivity contribution in [3.05, 3.63) is 63.2 Å². The molecule has 0 unspecified atom stereocenters. The van der Waals surface area contributed by atoms with Crippen LogP contribution in [-0.2, 0) is 9.53 Å². The Kier molecular flexibility index (Phi) is 5.27. The van der Waals surface area contributed by atoms with Crippen molar-refractivity contribution in [3.63, 3.8) is 0 Å². The Bertz CT molecular complexity index is 992. The predicted molar refractivity (Wildman–Crippen MR) is 96.6 cm³/mol. The number of furan rings is 1. The van der Waals surface area contributed by atoms with Crippen molar-refractivity contribution >= 4 is 34.2 Å². The first-order valence-electron chi connectivity index (χ1n) is 7.66. The van der Waals surface area contributed by atoms with Gasteiger partial charge in [-0.05, 0) is 13.0 Å². The molecule has 138 valence electrons. The SMILES string of the molecule is Cc1ccc(-c2csc(NC(=O)COC(=O)c3ccc([N+](=O)[O-])o3)n2)cc1. The van der Waals surface area contributed by atoms with Gasteiger partial charge in [0.25, 0.3) is 5.91 Å². The lowest BCUT2D eigenvalue weighted by molar-refractivity contribution is -0.402.